The average Bonchev–Trinajstić information content (AvgIpc) is 2.70. The molecule has 2 aliphatic heterocycles. The quantitative estimate of drug-likeness (QED) is 0.742. The van der Waals surface area contributed by atoms with Crippen LogP contribution >= 0.6 is 11.6 Å². The highest BCUT2D eigenvalue weighted by Gasteiger charge is 2.29. The van der Waals surface area contributed by atoms with Crippen molar-refractivity contribution in [3.63, 3.8) is 0 Å². The Morgan fingerprint density at radius 3 is 2.56 bits per heavy atom. The first-order valence-electron chi connectivity index (χ1n) is 9.42. The van der Waals surface area contributed by atoms with Gasteiger partial charge in [0.25, 0.3) is 5.91 Å². The van der Waals surface area contributed by atoms with Gasteiger partial charge in [-0.15, -0.1) is 0 Å². The fraction of sp³-hybridized carbons (Fsp3) is 0.611. The summed E-state index contributed by atoms with van der Waals surface area (Å²) in [5.74, 6) is -0.179. The second-order valence-corrected chi connectivity index (χ2v) is 9.43. The fourth-order valence-corrected chi connectivity index (χ4v) is 5.22. The Kier molecular flexibility index (Phi) is 6.75. The van der Waals surface area contributed by atoms with Gasteiger partial charge < -0.3 is 15.0 Å². The van der Waals surface area contributed by atoms with Gasteiger partial charge in [0, 0.05) is 13.1 Å². The number of ether oxygens (including phenoxy) is 1. The molecule has 0 aliphatic carbocycles. The first-order chi connectivity index (χ1) is 12.9. The molecule has 0 aromatic heterocycles. The molecule has 0 radical (unpaired) electrons. The Hall–Kier alpha value is -1.19. The Labute approximate surface area is 165 Å². The zero-order valence-electron chi connectivity index (χ0n) is 15.5. The average molecular weight is 417 g/mol. The number of hydrogen-bond donors (Lipinski definition) is 2. The van der Waals surface area contributed by atoms with E-state index in [0.29, 0.717) is 37.0 Å². The molecule has 150 valence electrons. The third-order valence-corrected chi connectivity index (χ3v) is 7.51. The summed E-state index contributed by atoms with van der Waals surface area (Å²) in [6.07, 6.45) is 2.79. The molecule has 2 fully saturated rings. The van der Waals surface area contributed by atoms with Crippen LogP contribution in [0.1, 0.15) is 26.2 Å². The van der Waals surface area contributed by atoms with E-state index in [1.165, 1.54) is 22.5 Å². The highest BCUT2D eigenvalue weighted by Crippen LogP contribution is 2.28. The van der Waals surface area contributed by atoms with Crippen LogP contribution in [0.15, 0.2) is 23.1 Å². The maximum atomic E-state index is 12.9. The van der Waals surface area contributed by atoms with E-state index in [1.54, 1.807) is 0 Å². The molecule has 0 bridgehead atoms. The number of halogens is 1. The van der Waals surface area contributed by atoms with E-state index in [2.05, 4.69) is 5.32 Å². The largest absolute Gasteiger partial charge is 0.370 e. The van der Waals surface area contributed by atoms with Crippen molar-refractivity contribution in [1.29, 1.82) is 0 Å². The number of sulfonamides is 1. The Morgan fingerprint density at radius 1 is 1.22 bits per heavy atom. The van der Waals surface area contributed by atoms with Crippen LogP contribution in [0.3, 0.4) is 0 Å². The molecule has 1 atom stereocenters. The molecule has 2 heterocycles. The summed E-state index contributed by atoms with van der Waals surface area (Å²) in [4.78, 5) is 13.9. The highest BCUT2D eigenvalue weighted by molar-refractivity contribution is 7.89. The van der Waals surface area contributed by atoms with Gasteiger partial charge in [-0.1, -0.05) is 18.0 Å². The molecule has 3 rings (SSSR count). The maximum Gasteiger partial charge on any atom is 0.282 e. The smallest absolute Gasteiger partial charge is 0.282 e. The van der Waals surface area contributed by atoms with E-state index < -0.39 is 10.0 Å². The molecule has 1 amide bonds. The third-order valence-electron chi connectivity index (χ3n) is 5.29. The lowest BCUT2D eigenvalue weighted by atomic mass is 10.2. The number of anilines is 1. The number of piperidine rings is 1. The standard InChI is InChI=1S/C18H26ClN3O4S/c1-14(21-9-11-26-12-10-21)18(23)20-17-13-15(5-6-16(17)19)27(24,25)22-7-3-2-4-8-22/h5-6,13-14H,2-4,7-12H2,1H3,(H,20,23)/p+1/t14-/m0/s1. The molecule has 0 unspecified atom stereocenters. The number of benzene rings is 1. The second-order valence-electron chi connectivity index (χ2n) is 7.09. The van der Waals surface area contributed by atoms with E-state index in [-0.39, 0.29) is 16.8 Å². The number of morpholine rings is 1. The second kappa shape index (κ2) is 8.87. The molecule has 1 aromatic carbocycles. The summed E-state index contributed by atoms with van der Waals surface area (Å²) in [6, 6.07) is 4.22. The normalized spacial score (nSPS) is 21.0. The lowest BCUT2D eigenvalue weighted by Crippen LogP contribution is -3.18. The van der Waals surface area contributed by atoms with Gasteiger partial charge in [-0.3, -0.25) is 4.79 Å². The Morgan fingerprint density at radius 2 is 1.89 bits per heavy atom. The number of nitrogens with one attached hydrogen (secondary N) is 2. The number of rotatable bonds is 5. The van der Waals surface area contributed by atoms with E-state index in [9.17, 15) is 13.2 Å². The van der Waals surface area contributed by atoms with Crippen LogP contribution < -0.4 is 10.2 Å². The zero-order chi connectivity index (χ0) is 19.4. The van der Waals surface area contributed by atoms with Gasteiger partial charge in [0.1, 0.15) is 13.1 Å². The minimum Gasteiger partial charge on any atom is -0.370 e. The molecule has 0 saturated carbocycles. The van der Waals surface area contributed by atoms with E-state index >= 15 is 0 Å². The van der Waals surface area contributed by atoms with Crippen LogP contribution in [-0.4, -0.2) is 64.1 Å². The molecular weight excluding hydrogens is 390 g/mol. The SMILES string of the molecule is C[C@@H](C(=O)Nc1cc(S(=O)(=O)N2CCCCC2)ccc1Cl)[NH+]1CCOCC1. The van der Waals surface area contributed by atoms with Crippen molar-refractivity contribution in [3.05, 3.63) is 23.2 Å². The van der Waals surface area contributed by atoms with Crippen LogP contribution in [0, 0.1) is 0 Å². The number of carbonyl (C=O) groups excluding carboxylic acids is 1. The van der Waals surface area contributed by atoms with Gasteiger partial charge in [0.05, 0.1) is 28.8 Å². The van der Waals surface area contributed by atoms with Crippen LogP contribution in [0.4, 0.5) is 5.69 Å². The van der Waals surface area contributed by atoms with E-state index in [4.69, 9.17) is 16.3 Å². The molecular formula is C18H27ClN3O4S+. The summed E-state index contributed by atoms with van der Waals surface area (Å²) >= 11 is 6.22. The minimum absolute atomic E-state index is 0.162. The number of carbonyl (C=O) groups is 1. The molecule has 27 heavy (non-hydrogen) atoms. The zero-order valence-corrected chi connectivity index (χ0v) is 17.1. The van der Waals surface area contributed by atoms with Crippen LogP contribution in [0.25, 0.3) is 0 Å². The van der Waals surface area contributed by atoms with Gasteiger partial charge >= 0.3 is 0 Å². The molecule has 0 spiro atoms. The van der Waals surface area contributed by atoms with Crippen LogP contribution in [0.5, 0.6) is 0 Å². The van der Waals surface area contributed by atoms with Crippen LogP contribution in [0.2, 0.25) is 5.02 Å². The van der Waals surface area contributed by atoms with Crippen LogP contribution in [-0.2, 0) is 19.6 Å². The summed E-state index contributed by atoms with van der Waals surface area (Å²) in [5.41, 5.74) is 0.333. The lowest BCUT2D eigenvalue weighted by molar-refractivity contribution is -0.921. The summed E-state index contributed by atoms with van der Waals surface area (Å²) < 4.78 is 32.6. The molecule has 1 aromatic rings. The minimum atomic E-state index is -3.58. The van der Waals surface area contributed by atoms with Gasteiger partial charge in [-0.05, 0) is 38.0 Å². The van der Waals surface area contributed by atoms with Gasteiger partial charge in [0.2, 0.25) is 10.0 Å². The Bertz CT molecular complexity index is 775. The number of amides is 1. The van der Waals surface area contributed by atoms with Crippen molar-refractivity contribution in [2.45, 2.75) is 37.1 Å². The number of quaternary nitrogens is 1. The first-order valence-corrected chi connectivity index (χ1v) is 11.2. The van der Waals surface area contributed by atoms with Crippen molar-refractivity contribution >= 4 is 33.2 Å². The molecule has 7 nitrogen and oxygen atoms in total. The third kappa shape index (κ3) is 4.81. The molecule has 2 saturated heterocycles. The summed E-state index contributed by atoms with van der Waals surface area (Å²) in [6.45, 7) is 5.73. The molecule has 9 heteroatoms. The first kappa shape index (κ1) is 20.5. The van der Waals surface area contributed by atoms with E-state index in [0.717, 1.165) is 37.3 Å². The Balaban J connectivity index is 1.75. The van der Waals surface area contributed by atoms with Gasteiger partial charge in [-0.25, -0.2) is 8.42 Å². The van der Waals surface area contributed by atoms with Crippen molar-refractivity contribution in [1.82, 2.24) is 4.31 Å². The van der Waals surface area contributed by atoms with E-state index in [1.807, 2.05) is 6.92 Å². The predicted octanol–water partition coefficient (Wildman–Crippen LogP) is 0.757. The van der Waals surface area contributed by atoms with Gasteiger partial charge in [0.15, 0.2) is 6.04 Å². The van der Waals surface area contributed by atoms with Crippen molar-refractivity contribution in [3.8, 4) is 0 Å². The van der Waals surface area contributed by atoms with Crippen molar-refractivity contribution in [2.75, 3.05) is 44.7 Å². The lowest BCUT2D eigenvalue weighted by Gasteiger charge is -2.28. The number of hydrogen-bond acceptors (Lipinski definition) is 4. The topological polar surface area (TPSA) is 80.2 Å². The maximum absolute atomic E-state index is 12.9. The fourth-order valence-electron chi connectivity index (χ4n) is 3.51. The summed E-state index contributed by atoms with van der Waals surface area (Å²) in [5, 5.41) is 3.13. The van der Waals surface area contributed by atoms with Gasteiger partial charge in [-0.2, -0.15) is 4.31 Å². The van der Waals surface area contributed by atoms with Crippen molar-refractivity contribution < 1.29 is 22.8 Å². The molecule has 2 N–H and O–H groups in total. The van der Waals surface area contributed by atoms with Crippen molar-refractivity contribution in [2.24, 2.45) is 0 Å². The monoisotopic (exact) mass is 416 g/mol. The summed E-state index contributed by atoms with van der Waals surface area (Å²) in [7, 11) is -3.58. The highest BCUT2D eigenvalue weighted by atomic mass is 35.5. The predicted molar refractivity (Wildman–Crippen MR) is 104 cm³/mol. The molecule has 2 aliphatic rings. The number of nitrogens with zero attached hydrogens (tertiary/aromatic N) is 1.